The second kappa shape index (κ2) is 8.39. The lowest BCUT2D eigenvalue weighted by molar-refractivity contribution is -0.134. The molecular weight excluding hydrogens is 400 g/mol. The van der Waals surface area contributed by atoms with Gasteiger partial charge in [-0.1, -0.05) is 36.4 Å². The zero-order valence-electron chi connectivity index (χ0n) is 16.4. The Morgan fingerprint density at radius 2 is 1.83 bits per heavy atom. The van der Waals surface area contributed by atoms with Crippen LogP contribution in [0.1, 0.15) is 20.8 Å². The van der Waals surface area contributed by atoms with Crippen molar-refractivity contribution in [2.75, 3.05) is 14.2 Å². The highest BCUT2D eigenvalue weighted by molar-refractivity contribution is 7.12. The minimum absolute atomic E-state index is 0.126. The molecule has 0 unspecified atom stereocenters. The third kappa shape index (κ3) is 3.65. The van der Waals surface area contributed by atoms with Crippen LogP contribution in [0.25, 0.3) is 28.4 Å². The van der Waals surface area contributed by atoms with Gasteiger partial charge in [0.1, 0.15) is 5.76 Å². The van der Waals surface area contributed by atoms with E-state index in [9.17, 15) is 9.59 Å². The number of hydrogen-bond acceptors (Lipinski definition) is 6. The van der Waals surface area contributed by atoms with Crippen LogP contribution in [0, 0.1) is 0 Å². The summed E-state index contributed by atoms with van der Waals surface area (Å²) in [6, 6.07) is 16.7. The van der Waals surface area contributed by atoms with E-state index in [1.807, 2.05) is 47.8 Å². The maximum absolute atomic E-state index is 13.4. The van der Waals surface area contributed by atoms with Gasteiger partial charge in [0.05, 0.1) is 24.7 Å². The first-order valence-corrected chi connectivity index (χ1v) is 10.0. The molecule has 0 radical (unpaired) electrons. The van der Waals surface area contributed by atoms with E-state index >= 15 is 0 Å². The third-order valence-corrected chi connectivity index (χ3v) is 5.49. The van der Waals surface area contributed by atoms with Gasteiger partial charge < -0.3 is 13.9 Å². The summed E-state index contributed by atoms with van der Waals surface area (Å²) < 4.78 is 16.4. The molecule has 0 bridgehead atoms. The van der Waals surface area contributed by atoms with Crippen molar-refractivity contribution in [1.29, 1.82) is 0 Å². The highest BCUT2D eigenvalue weighted by Crippen LogP contribution is 2.40. The molecule has 0 N–H and O–H groups in total. The van der Waals surface area contributed by atoms with Gasteiger partial charge in [-0.15, -0.1) is 11.3 Å². The van der Waals surface area contributed by atoms with Gasteiger partial charge in [0, 0.05) is 17.0 Å². The van der Waals surface area contributed by atoms with Gasteiger partial charge in [-0.2, -0.15) is 0 Å². The van der Waals surface area contributed by atoms with Gasteiger partial charge in [0.15, 0.2) is 11.3 Å². The Kier molecular flexibility index (Phi) is 5.50. The standard InChI is InChI=1S/C24H18O5S/c1-27-18-14-15(10-11-20(25)28-2)13-17-21(22(26)19-9-6-12-30-19)23(29-24(17)18)16-7-4-3-5-8-16/h3-14H,1-2H3. The molecule has 0 aliphatic rings. The van der Waals surface area contributed by atoms with E-state index in [0.29, 0.717) is 38.5 Å². The summed E-state index contributed by atoms with van der Waals surface area (Å²) in [4.78, 5) is 25.5. The molecule has 0 aliphatic carbocycles. The lowest BCUT2D eigenvalue weighted by Gasteiger charge is -2.04. The fourth-order valence-corrected chi connectivity index (χ4v) is 3.89. The van der Waals surface area contributed by atoms with Crippen LogP contribution in [0.15, 0.2) is 70.5 Å². The molecule has 0 amide bonds. The normalized spacial score (nSPS) is 11.1. The number of carbonyl (C=O) groups is 2. The number of thiophene rings is 1. The Balaban J connectivity index is 1.99. The van der Waals surface area contributed by atoms with Crippen LogP contribution in [-0.4, -0.2) is 26.0 Å². The maximum Gasteiger partial charge on any atom is 0.330 e. The molecule has 2 aromatic carbocycles. The lowest BCUT2D eigenvalue weighted by Crippen LogP contribution is -2.00. The fraction of sp³-hybridized carbons (Fsp3) is 0.0833. The average molecular weight is 418 g/mol. The molecule has 150 valence electrons. The molecule has 0 aliphatic heterocycles. The first kappa shape index (κ1) is 19.7. The van der Waals surface area contributed by atoms with Gasteiger partial charge >= 0.3 is 5.97 Å². The number of fused-ring (bicyclic) bond motifs is 1. The van der Waals surface area contributed by atoms with Crippen molar-refractivity contribution >= 4 is 40.1 Å². The maximum atomic E-state index is 13.4. The Morgan fingerprint density at radius 3 is 2.50 bits per heavy atom. The molecule has 4 rings (SSSR count). The SMILES string of the molecule is COC(=O)C=Cc1cc(OC)c2oc(-c3ccccc3)c(C(=O)c3cccs3)c2c1. The Bertz CT molecular complexity index is 1230. The predicted octanol–water partition coefficient (Wildman–Crippen LogP) is 5.59. The summed E-state index contributed by atoms with van der Waals surface area (Å²) in [7, 11) is 2.85. The first-order valence-electron chi connectivity index (χ1n) is 9.16. The summed E-state index contributed by atoms with van der Waals surface area (Å²) in [6.45, 7) is 0. The summed E-state index contributed by atoms with van der Waals surface area (Å²) in [6.07, 6.45) is 2.93. The lowest BCUT2D eigenvalue weighted by atomic mass is 9.99. The minimum Gasteiger partial charge on any atom is -0.493 e. The van der Waals surface area contributed by atoms with Crippen LogP contribution >= 0.6 is 11.3 Å². The second-order valence-corrected chi connectivity index (χ2v) is 7.38. The van der Waals surface area contributed by atoms with Crippen LogP contribution < -0.4 is 4.74 Å². The van der Waals surface area contributed by atoms with Crippen LogP contribution in [0.4, 0.5) is 0 Å². The van der Waals surface area contributed by atoms with E-state index in [4.69, 9.17) is 9.15 Å². The number of esters is 1. The van der Waals surface area contributed by atoms with Gasteiger partial charge in [-0.05, 0) is 35.2 Å². The smallest absolute Gasteiger partial charge is 0.330 e. The van der Waals surface area contributed by atoms with Gasteiger partial charge in [0.25, 0.3) is 0 Å². The Hall–Kier alpha value is -3.64. The summed E-state index contributed by atoms with van der Waals surface area (Å²) in [5.74, 6) is 0.357. The number of furan rings is 1. The molecule has 0 atom stereocenters. The quantitative estimate of drug-likeness (QED) is 0.232. The van der Waals surface area contributed by atoms with E-state index in [1.54, 1.807) is 18.2 Å². The number of rotatable bonds is 6. The van der Waals surface area contributed by atoms with Crippen LogP contribution in [0.2, 0.25) is 0 Å². The number of ketones is 1. The van der Waals surface area contributed by atoms with Gasteiger partial charge in [0.2, 0.25) is 5.78 Å². The molecule has 30 heavy (non-hydrogen) atoms. The second-order valence-electron chi connectivity index (χ2n) is 6.43. The van der Waals surface area contributed by atoms with Crippen molar-refractivity contribution in [2.24, 2.45) is 0 Å². The van der Waals surface area contributed by atoms with Crippen molar-refractivity contribution in [2.45, 2.75) is 0 Å². The predicted molar refractivity (Wildman–Crippen MR) is 117 cm³/mol. The molecule has 0 fully saturated rings. The average Bonchev–Trinajstić information content (AvgIpc) is 3.45. The molecule has 0 saturated carbocycles. The van der Waals surface area contributed by atoms with Crippen LogP contribution in [0.3, 0.4) is 0 Å². The number of ether oxygens (including phenoxy) is 2. The molecule has 4 aromatic rings. The number of carbonyl (C=O) groups excluding carboxylic acids is 2. The van der Waals surface area contributed by atoms with E-state index < -0.39 is 5.97 Å². The van der Waals surface area contributed by atoms with E-state index in [1.165, 1.54) is 31.6 Å². The molecule has 5 nitrogen and oxygen atoms in total. The monoisotopic (exact) mass is 418 g/mol. The van der Waals surface area contributed by atoms with Crippen molar-refractivity contribution < 1.29 is 23.5 Å². The molecule has 2 aromatic heterocycles. The van der Waals surface area contributed by atoms with E-state index in [0.717, 1.165) is 5.56 Å². The zero-order chi connectivity index (χ0) is 21.1. The molecular formula is C24H18O5S. The molecule has 0 spiro atoms. The van der Waals surface area contributed by atoms with Gasteiger partial charge in [-0.25, -0.2) is 4.79 Å². The fourth-order valence-electron chi connectivity index (χ4n) is 3.22. The van der Waals surface area contributed by atoms with Crippen LogP contribution in [0.5, 0.6) is 5.75 Å². The highest BCUT2D eigenvalue weighted by Gasteiger charge is 2.26. The highest BCUT2D eigenvalue weighted by atomic mass is 32.1. The topological polar surface area (TPSA) is 65.7 Å². The van der Waals surface area contributed by atoms with Crippen LogP contribution in [-0.2, 0) is 9.53 Å². The van der Waals surface area contributed by atoms with Gasteiger partial charge in [-0.3, -0.25) is 4.79 Å². The third-order valence-electron chi connectivity index (χ3n) is 4.62. The summed E-state index contributed by atoms with van der Waals surface area (Å²) in [5, 5.41) is 2.49. The minimum atomic E-state index is -0.471. The zero-order valence-corrected chi connectivity index (χ0v) is 17.2. The first-order chi connectivity index (χ1) is 14.6. The summed E-state index contributed by atoms with van der Waals surface area (Å²) in [5.41, 5.74) is 2.42. The molecule has 2 heterocycles. The van der Waals surface area contributed by atoms with Crippen molar-refractivity contribution in [1.82, 2.24) is 0 Å². The number of benzene rings is 2. The van der Waals surface area contributed by atoms with Crippen molar-refractivity contribution in [3.63, 3.8) is 0 Å². The Morgan fingerprint density at radius 1 is 1.03 bits per heavy atom. The van der Waals surface area contributed by atoms with Crippen molar-refractivity contribution in [3.05, 3.63) is 82.1 Å². The number of hydrogen-bond donors (Lipinski definition) is 0. The van der Waals surface area contributed by atoms with Crippen molar-refractivity contribution in [3.8, 4) is 17.1 Å². The number of methoxy groups -OCH3 is 2. The largest absolute Gasteiger partial charge is 0.493 e. The Labute approximate surface area is 177 Å². The van der Waals surface area contributed by atoms with E-state index in [-0.39, 0.29) is 5.78 Å². The summed E-state index contributed by atoms with van der Waals surface area (Å²) >= 11 is 1.38. The van der Waals surface area contributed by atoms with E-state index in [2.05, 4.69) is 4.74 Å². The molecule has 0 saturated heterocycles. The molecule has 6 heteroatoms.